The van der Waals surface area contributed by atoms with Crippen molar-refractivity contribution in [3.63, 3.8) is 0 Å². The second-order valence-corrected chi connectivity index (χ2v) is 26.3. The van der Waals surface area contributed by atoms with Crippen LogP contribution in [0.15, 0.2) is 12.2 Å². The van der Waals surface area contributed by atoms with Gasteiger partial charge in [0.15, 0.2) is 0 Å². The van der Waals surface area contributed by atoms with Crippen molar-refractivity contribution in [1.82, 2.24) is 5.32 Å². The fourth-order valence-electron chi connectivity index (χ4n) is 12.3. The highest BCUT2D eigenvalue weighted by molar-refractivity contribution is 5.76. The Bertz CT molecular complexity index is 1240. The monoisotopic (exact) mass is 1160 g/mol. The summed E-state index contributed by atoms with van der Waals surface area (Å²) in [4.78, 5) is 24.6. The largest absolute Gasteiger partial charge is 0.466 e. The maximum atomic E-state index is 12.6. The Hall–Kier alpha value is -1.40. The molecule has 0 aromatic heterocycles. The van der Waals surface area contributed by atoms with Gasteiger partial charge in [-0.05, 0) is 51.4 Å². The second kappa shape index (κ2) is 72.1. The number of ether oxygens (including phenoxy) is 1. The van der Waals surface area contributed by atoms with Crippen LogP contribution < -0.4 is 5.32 Å². The molecule has 3 N–H and O–H groups in total. The summed E-state index contributed by atoms with van der Waals surface area (Å²) in [6.45, 7) is 5.00. The van der Waals surface area contributed by atoms with Crippen LogP contribution >= 0.6 is 0 Å². The molecule has 82 heavy (non-hydrogen) atoms. The first-order chi connectivity index (χ1) is 40.5. The fraction of sp³-hybridized carbons (Fsp3) is 0.947. The van der Waals surface area contributed by atoms with E-state index < -0.39 is 12.1 Å². The highest BCUT2D eigenvalue weighted by Crippen LogP contribution is 2.20. The first kappa shape index (κ1) is 80.6. The number of hydrogen-bond donors (Lipinski definition) is 3. The number of unbranched alkanes of at least 4 members (excludes halogenated alkanes) is 59. The standard InChI is InChI=1S/C76H149NO5/c1-3-5-7-9-11-13-15-16-17-18-19-20-21-27-30-33-36-39-42-45-49-52-56-60-64-68-74(79)73(72-78)77-75(80)69-65-61-57-53-50-46-43-40-37-34-31-28-25-23-22-24-26-29-32-35-38-41-44-47-51-55-59-63-67-71-82-76(81)70-66-62-58-54-48-14-12-10-8-6-4-2/h22,24,73-74,78-79H,3-21,23,25-72H2,1-2H3,(H,77,80)/b24-22-. The molecule has 0 radical (unpaired) electrons. The molecule has 0 aromatic carbocycles. The minimum atomic E-state index is -0.665. The van der Waals surface area contributed by atoms with Gasteiger partial charge in [-0.15, -0.1) is 0 Å². The smallest absolute Gasteiger partial charge is 0.305 e. The van der Waals surface area contributed by atoms with Crippen molar-refractivity contribution in [2.45, 2.75) is 450 Å². The topological polar surface area (TPSA) is 95.9 Å². The van der Waals surface area contributed by atoms with E-state index in [-0.39, 0.29) is 18.5 Å². The maximum absolute atomic E-state index is 12.6. The van der Waals surface area contributed by atoms with Gasteiger partial charge < -0.3 is 20.3 Å². The van der Waals surface area contributed by atoms with Crippen LogP contribution in [0.4, 0.5) is 0 Å². The first-order valence-electron chi connectivity index (χ1n) is 37.9. The molecule has 0 aliphatic heterocycles. The summed E-state index contributed by atoms with van der Waals surface area (Å²) in [6.07, 6.45) is 90.0. The third-order valence-corrected chi connectivity index (χ3v) is 18.1. The molecule has 0 bridgehead atoms. The molecule has 1 amide bonds. The van der Waals surface area contributed by atoms with E-state index in [1.807, 2.05) is 0 Å². The van der Waals surface area contributed by atoms with Gasteiger partial charge in [-0.3, -0.25) is 9.59 Å². The molecule has 0 saturated heterocycles. The van der Waals surface area contributed by atoms with Crippen molar-refractivity contribution >= 4 is 11.9 Å². The second-order valence-electron chi connectivity index (χ2n) is 26.3. The van der Waals surface area contributed by atoms with E-state index in [1.165, 1.54) is 366 Å². The fourth-order valence-corrected chi connectivity index (χ4v) is 12.3. The number of amides is 1. The lowest BCUT2D eigenvalue weighted by Crippen LogP contribution is -2.45. The highest BCUT2D eigenvalue weighted by Gasteiger charge is 2.20. The molecule has 6 heteroatoms. The number of nitrogens with one attached hydrogen (secondary N) is 1. The number of allylic oxidation sites excluding steroid dienone is 2. The normalized spacial score (nSPS) is 12.5. The summed E-state index contributed by atoms with van der Waals surface area (Å²) in [5.41, 5.74) is 0. The van der Waals surface area contributed by atoms with Crippen molar-refractivity contribution in [3.8, 4) is 0 Å². The third-order valence-electron chi connectivity index (χ3n) is 18.1. The number of aliphatic hydroxyl groups is 2. The van der Waals surface area contributed by atoms with Crippen LogP contribution in [0.3, 0.4) is 0 Å². The van der Waals surface area contributed by atoms with E-state index >= 15 is 0 Å². The minimum absolute atomic E-state index is 0.0173. The summed E-state index contributed by atoms with van der Waals surface area (Å²) in [5.74, 6) is -0.0108. The van der Waals surface area contributed by atoms with Gasteiger partial charge in [0.1, 0.15) is 0 Å². The molecule has 0 aliphatic rings. The molecule has 2 unspecified atom stereocenters. The molecule has 0 aliphatic carbocycles. The maximum Gasteiger partial charge on any atom is 0.305 e. The van der Waals surface area contributed by atoms with Gasteiger partial charge in [0.25, 0.3) is 0 Å². The first-order valence-corrected chi connectivity index (χ1v) is 37.9. The average molecular weight is 1160 g/mol. The molecule has 2 atom stereocenters. The number of carbonyl (C=O) groups excluding carboxylic acids is 2. The molecule has 0 fully saturated rings. The van der Waals surface area contributed by atoms with Gasteiger partial charge in [-0.1, -0.05) is 386 Å². The van der Waals surface area contributed by atoms with E-state index in [4.69, 9.17) is 4.74 Å². The molecule has 488 valence electrons. The molecule has 0 rings (SSSR count). The summed E-state index contributed by atoms with van der Waals surface area (Å²) in [5, 5.41) is 23.5. The van der Waals surface area contributed by atoms with Gasteiger partial charge in [0, 0.05) is 12.8 Å². The molecule has 6 nitrogen and oxygen atoms in total. The van der Waals surface area contributed by atoms with Crippen LogP contribution in [-0.4, -0.2) is 47.4 Å². The van der Waals surface area contributed by atoms with Crippen LogP contribution in [0.5, 0.6) is 0 Å². The molecular weight excluding hydrogens is 1010 g/mol. The predicted molar refractivity (Wildman–Crippen MR) is 361 cm³/mol. The zero-order valence-electron chi connectivity index (χ0n) is 56.0. The van der Waals surface area contributed by atoms with E-state index in [0.717, 1.165) is 38.5 Å². The SMILES string of the molecule is CCCCCCCCCCCCCCCCCCCCCCCCCCCC(O)C(CO)NC(=O)CCCCCCCCCCCCCCC/C=C\CCCCCCCCCCCCCCOC(=O)CCCCCCCCCCCCC. The van der Waals surface area contributed by atoms with Gasteiger partial charge in [0.2, 0.25) is 5.91 Å². The molecule has 0 saturated carbocycles. The van der Waals surface area contributed by atoms with Gasteiger partial charge in [0.05, 0.1) is 25.4 Å². The van der Waals surface area contributed by atoms with E-state index in [9.17, 15) is 19.8 Å². The van der Waals surface area contributed by atoms with Crippen molar-refractivity contribution in [1.29, 1.82) is 0 Å². The molecule has 0 heterocycles. The Morgan fingerprint density at radius 2 is 0.573 bits per heavy atom. The Kier molecular flexibility index (Phi) is 70.8. The lowest BCUT2D eigenvalue weighted by Gasteiger charge is -2.22. The number of aliphatic hydroxyl groups excluding tert-OH is 2. The van der Waals surface area contributed by atoms with Gasteiger partial charge in [-0.25, -0.2) is 0 Å². The van der Waals surface area contributed by atoms with Crippen LogP contribution in [0.2, 0.25) is 0 Å². The van der Waals surface area contributed by atoms with E-state index in [2.05, 4.69) is 31.3 Å². The third kappa shape index (κ3) is 67.7. The number of hydrogen-bond acceptors (Lipinski definition) is 5. The summed E-state index contributed by atoms with van der Waals surface area (Å²) < 4.78 is 5.48. The van der Waals surface area contributed by atoms with Crippen LogP contribution in [0, 0.1) is 0 Å². The average Bonchev–Trinajstić information content (AvgIpc) is 3.48. The number of carbonyl (C=O) groups is 2. The van der Waals surface area contributed by atoms with Gasteiger partial charge >= 0.3 is 5.97 Å². The summed E-state index contributed by atoms with van der Waals surface area (Å²) in [7, 11) is 0. The van der Waals surface area contributed by atoms with E-state index in [1.54, 1.807) is 0 Å². The quantitative estimate of drug-likeness (QED) is 0.0320. The van der Waals surface area contributed by atoms with Crippen molar-refractivity contribution < 1.29 is 24.5 Å². The van der Waals surface area contributed by atoms with Gasteiger partial charge in [-0.2, -0.15) is 0 Å². The van der Waals surface area contributed by atoms with Crippen LogP contribution in [-0.2, 0) is 14.3 Å². The Balaban J connectivity index is 3.37. The Morgan fingerprint density at radius 3 is 0.866 bits per heavy atom. The lowest BCUT2D eigenvalue weighted by atomic mass is 10.0. The van der Waals surface area contributed by atoms with Crippen molar-refractivity contribution in [2.75, 3.05) is 13.2 Å². The van der Waals surface area contributed by atoms with Crippen LogP contribution in [0.25, 0.3) is 0 Å². The molecular formula is C76H149NO5. The number of rotatable bonds is 72. The number of esters is 1. The lowest BCUT2D eigenvalue weighted by molar-refractivity contribution is -0.143. The summed E-state index contributed by atoms with van der Waals surface area (Å²) >= 11 is 0. The predicted octanol–water partition coefficient (Wildman–Crippen LogP) is 24.7. The minimum Gasteiger partial charge on any atom is -0.466 e. The Morgan fingerprint density at radius 1 is 0.329 bits per heavy atom. The molecule has 0 spiro atoms. The highest BCUT2D eigenvalue weighted by atomic mass is 16.5. The molecule has 0 aromatic rings. The summed E-state index contributed by atoms with van der Waals surface area (Å²) in [6, 6.07) is -0.542. The zero-order chi connectivity index (χ0) is 59.2. The van der Waals surface area contributed by atoms with Crippen molar-refractivity contribution in [3.05, 3.63) is 12.2 Å². The zero-order valence-corrected chi connectivity index (χ0v) is 56.0. The van der Waals surface area contributed by atoms with Crippen LogP contribution in [0.1, 0.15) is 438 Å². The Labute approximate surface area is 514 Å². The van der Waals surface area contributed by atoms with Crippen molar-refractivity contribution in [2.24, 2.45) is 0 Å². The van der Waals surface area contributed by atoms with E-state index in [0.29, 0.717) is 25.9 Å².